The monoisotopic (exact) mass is 184 g/mol. The number of hydrogen-bond acceptors (Lipinski definition) is 4. The first-order valence-corrected chi connectivity index (χ1v) is 3.59. The average Bonchev–Trinajstić information content (AvgIpc) is 2.01. The van der Waals surface area contributed by atoms with Crippen LogP contribution in [-0.2, 0) is 11.8 Å². The van der Waals surface area contributed by atoms with Gasteiger partial charge in [-0.3, -0.25) is 4.79 Å². The Labute approximate surface area is 74.2 Å². The Morgan fingerprint density at radius 2 is 2.50 bits per heavy atom. The lowest BCUT2D eigenvalue weighted by Crippen LogP contribution is -2.06. The molecule has 0 bridgehead atoms. The van der Waals surface area contributed by atoms with Crippen molar-refractivity contribution in [3.05, 3.63) is 11.0 Å². The van der Waals surface area contributed by atoms with E-state index in [4.69, 9.17) is 18.0 Å². The number of amides is 1. The zero-order chi connectivity index (χ0) is 9.14. The molecule has 0 fully saturated rings. The predicted octanol–water partition coefficient (Wildman–Crippen LogP) is 0.300. The molecule has 3 N–H and O–H groups in total. The van der Waals surface area contributed by atoms with E-state index >= 15 is 0 Å². The third kappa shape index (κ3) is 1.59. The van der Waals surface area contributed by atoms with Gasteiger partial charge in [0.05, 0.1) is 5.69 Å². The maximum Gasteiger partial charge on any atom is 0.211 e. The minimum Gasteiger partial charge on any atom is -0.382 e. The first kappa shape index (κ1) is 8.66. The van der Waals surface area contributed by atoms with Crippen molar-refractivity contribution in [2.75, 3.05) is 11.1 Å². The topological polar surface area (TPSA) is 72.9 Å². The Balaban J connectivity index is 3.22. The zero-order valence-corrected chi connectivity index (χ0v) is 7.26. The molecule has 64 valence electrons. The number of nitrogens with one attached hydrogen (secondary N) is 1. The highest BCUT2D eigenvalue weighted by molar-refractivity contribution is 7.71. The molecule has 0 aromatic carbocycles. The van der Waals surface area contributed by atoms with Gasteiger partial charge < -0.3 is 15.6 Å². The average molecular weight is 184 g/mol. The van der Waals surface area contributed by atoms with E-state index in [0.717, 1.165) is 0 Å². The van der Waals surface area contributed by atoms with Gasteiger partial charge in [-0.2, -0.15) is 0 Å². The van der Waals surface area contributed by atoms with Crippen molar-refractivity contribution in [2.24, 2.45) is 7.05 Å². The summed E-state index contributed by atoms with van der Waals surface area (Å²) in [5, 5.41) is 2.41. The first-order chi connectivity index (χ1) is 5.65. The molecule has 0 spiro atoms. The van der Waals surface area contributed by atoms with E-state index in [2.05, 4.69) is 10.3 Å². The fourth-order valence-electron chi connectivity index (χ4n) is 0.732. The smallest absolute Gasteiger partial charge is 0.211 e. The molecule has 1 amide bonds. The summed E-state index contributed by atoms with van der Waals surface area (Å²) in [6.07, 6.45) is 2.15. The molecule has 6 heteroatoms. The summed E-state index contributed by atoms with van der Waals surface area (Å²) >= 11 is 4.84. The molecule has 5 nitrogen and oxygen atoms in total. The van der Waals surface area contributed by atoms with Crippen molar-refractivity contribution in [1.29, 1.82) is 0 Å². The Morgan fingerprint density at radius 1 is 1.83 bits per heavy atom. The van der Waals surface area contributed by atoms with Gasteiger partial charge in [-0.15, -0.1) is 0 Å². The van der Waals surface area contributed by atoms with E-state index in [9.17, 15) is 4.79 Å². The molecule has 1 rings (SSSR count). The maximum atomic E-state index is 10.1. The Bertz CT molecular complexity index is 359. The van der Waals surface area contributed by atoms with Gasteiger partial charge in [-0.1, -0.05) is 0 Å². The molecule has 1 aromatic rings. The van der Waals surface area contributed by atoms with Gasteiger partial charge in [0.2, 0.25) is 11.2 Å². The second-order valence-corrected chi connectivity index (χ2v) is 2.56. The van der Waals surface area contributed by atoms with Crippen molar-refractivity contribution >= 4 is 30.1 Å². The minimum atomic E-state index is 0.227. The van der Waals surface area contributed by atoms with Gasteiger partial charge in [0.15, 0.2) is 5.82 Å². The number of nitrogens with two attached hydrogens (primary N) is 1. The van der Waals surface area contributed by atoms with Crippen LogP contribution in [-0.4, -0.2) is 16.0 Å². The lowest BCUT2D eigenvalue weighted by atomic mass is 10.5. The number of anilines is 2. The Morgan fingerprint density at radius 3 is 3.08 bits per heavy atom. The molecule has 0 aliphatic rings. The van der Waals surface area contributed by atoms with Gasteiger partial charge in [-0.25, -0.2) is 4.98 Å². The summed E-state index contributed by atoms with van der Waals surface area (Å²) in [6.45, 7) is 0. The van der Waals surface area contributed by atoms with Crippen LogP contribution in [0.15, 0.2) is 6.20 Å². The van der Waals surface area contributed by atoms with Crippen LogP contribution in [0.25, 0.3) is 0 Å². The van der Waals surface area contributed by atoms with Crippen LogP contribution < -0.4 is 11.1 Å². The molecule has 0 aliphatic carbocycles. The van der Waals surface area contributed by atoms with E-state index < -0.39 is 0 Å². The van der Waals surface area contributed by atoms with Crippen molar-refractivity contribution in [1.82, 2.24) is 9.55 Å². The van der Waals surface area contributed by atoms with Crippen LogP contribution >= 0.6 is 12.2 Å². The van der Waals surface area contributed by atoms with Gasteiger partial charge in [0, 0.05) is 13.2 Å². The van der Waals surface area contributed by atoms with Gasteiger partial charge in [0.25, 0.3) is 0 Å². The van der Waals surface area contributed by atoms with Crippen LogP contribution in [0.1, 0.15) is 0 Å². The summed E-state index contributed by atoms with van der Waals surface area (Å²) < 4.78 is 1.97. The van der Waals surface area contributed by atoms with E-state index in [0.29, 0.717) is 16.9 Å². The van der Waals surface area contributed by atoms with Gasteiger partial charge in [0.1, 0.15) is 0 Å². The van der Waals surface area contributed by atoms with Crippen LogP contribution in [0.4, 0.5) is 11.5 Å². The van der Waals surface area contributed by atoms with Crippen molar-refractivity contribution in [3.63, 3.8) is 0 Å². The van der Waals surface area contributed by atoms with Gasteiger partial charge in [-0.05, 0) is 12.2 Å². The molecule has 1 aromatic heterocycles. The van der Waals surface area contributed by atoms with E-state index in [-0.39, 0.29) is 5.82 Å². The van der Waals surface area contributed by atoms with Crippen molar-refractivity contribution in [2.45, 2.75) is 0 Å². The lowest BCUT2D eigenvalue weighted by molar-refractivity contribution is -0.105. The van der Waals surface area contributed by atoms with Crippen LogP contribution in [0.5, 0.6) is 0 Å². The highest BCUT2D eigenvalue weighted by atomic mass is 32.1. The zero-order valence-electron chi connectivity index (χ0n) is 6.44. The standard InChI is InChI=1S/C6H8N4OS/c1-10-2-4(8-3-11)5(7)9-6(10)12/h2-3H,1H3,(H,8,11)(H2,7,9,12). The van der Waals surface area contributed by atoms with E-state index in [1.54, 1.807) is 17.8 Å². The fraction of sp³-hybridized carbons (Fsp3) is 0.167. The van der Waals surface area contributed by atoms with E-state index in [1.165, 1.54) is 0 Å². The lowest BCUT2D eigenvalue weighted by Gasteiger charge is -2.04. The number of aromatic nitrogens is 2. The van der Waals surface area contributed by atoms with Gasteiger partial charge >= 0.3 is 0 Å². The second-order valence-electron chi connectivity index (χ2n) is 2.20. The molecule has 0 unspecified atom stereocenters. The highest BCUT2D eigenvalue weighted by Gasteiger charge is 1.99. The summed E-state index contributed by atoms with van der Waals surface area (Å²) in [7, 11) is 1.73. The number of carbonyl (C=O) groups is 1. The molecule has 0 atom stereocenters. The number of nitrogen functional groups attached to an aromatic ring is 1. The Hall–Kier alpha value is -1.43. The molecule has 0 radical (unpaired) electrons. The van der Waals surface area contributed by atoms with Crippen molar-refractivity contribution < 1.29 is 4.79 Å². The quantitative estimate of drug-likeness (QED) is 0.512. The fourth-order valence-corrected chi connectivity index (χ4v) is 0.883. The van der Waals surface area contributed by atoms with E-state index in [1.807, 2.05) is 0 Å². The predicted molar refractivity (Wildman–Crippen MR) is 48.1 cm³/mol. The first-order valence-electron chi connectivity index (χ1n) is 3.18. The normalized spacial score (nSPS) is 9.42. The Kier molecular flexibility index (Phi) is 2.39. The summed E-state index contributed by atoms with van der Waals surface area (Å²) in [5.74, 6) is 0.227. The number of hydrogen-bond donors (Lipinski definition) is 2. The molecule has 0 aliphatic heterocycles. The summed E-state index contributed by atoms with van der Waals surface area (Å²) in [4.78, 5) is 13.9. The third-order valence-corrected chi connectivity index (χ3v) is 1.71. The van der Waals surface area contributed by atoms with Crippen LogP contribution in [0.3, 0.4) is 0 Å². The highest BCUT2D eigenvalue weighted by Crippen LogP contribution is 2.12. The molecule has 0 saturated heterocycles. The number of aryl methyl sites for hydroxylation is 1. The summed E-state index contributed by atoms with van der Waals surface area (Å²) in [6, 6.07) is 0. The third-order valence-electron chi connectivity index (χ3n) is 1.33. The summed E-state index contributed by atoms with van der Waals surface area (Å²) in [5.41, 5.74) is 5.92. The molecular formula is C6H8N4OS. The SMILES string of the molecule is Cn1cc(NC=O)c(N)nc1=S. The van der Waals surface area contributed by atoms with Crippen LogP contribution in [0.2, 0.25) is 0 Å². The largest absolute Gasteiger partial charge is 0.382 e. The maximum absolute atomic E-state index is 10.1. The number of carbonyl (C=O) groups excluding carboxylic acids is 1. The number of rotatable bonds is 2. The molecule has 0 saturated carbocycles. The molecular weight excluding hydrogens is 176 g/mol. The van der Waals surface area contributed by atoms with Crippen molar-refractivity contribution in [3.8, 4) is 0 Å². The molecule has 12 heavy (non-hydrogen) atoms. The minimum absolute atomic E-state index is 0.227. The number of nitrogens with zero attached hydrogens (tertiary/aromatic N) is 2. The van der Waals surface area contributed by atoms with Crippen LogP contribution in [0, 0.1) is 4.77 Å². The molecule has 1 heterocycles. The second kappa shape index (κ2) is 3.31.